The van der Waals surface area contributed by atoms with Crippen LogP contribution in [0.15, 0.2) is 12.1 Å². The number of hydrogen-bond donors (Lipinski definition) is 0. The number of ether oxygens (including phenoxy) is 1. The zero-order chi connectivity index (χ0) is 13.9. The van der Waals surface area contributed by atoms with E-state index in [0.717, 1.165) is 12.1 Å². The molecular formula is C9H7ClN2O6. The Kier molecular flexibility index (Phi) is 4.16. The summed E-state index contributed by atoms with van der Waals surface area (Å²) in [7, 11) is 0. The highest BCUT2D eigenvalue weighted by Gasteiger charge is 2.27. The molecule has 0 saturated heterocycles. The lowest BCUT2D eigenvalue weighted by molar-refractivity contribution is -0.393. The minimum atomic E-state index is -0.905. The summed E-state index contributed by atoms with van der Waals surface area (Å²) in [6, 6.07) is 1.68. The number of esters is 1. The number of hydrogen-bond acceptors (Lipinski definition) is 6. The summed E-state index contributed by atoms with van der Waals surface area (Å²) < 4.78 is 4.61. The van der Waals surface area contributed by atoms with Crippen LogP contribution in [0, 0.1) is 20.2 Å². The van der Waals surface area contributed by atoms with Gasteiger partial charge in [-0.3, -0.25) is 20.2 Å². The highest BCUT2D eigenvalue weighted by Crippen LogP contribution is 2.35. The third kappa shape index (κ3) is 2.72. The summed E-state index contributed by atoms with van der Waals surface area (Å²) in [4.78, 5) is 30.9. The van der Waals surface area contributed by atoms with E-state index in [2.05, 4.69) is 4.74 Å². The first-order valence-electron chi connectivity index (χ1n) is 4.68. The van der Waals surface area contributed by atoms with Crippen LogP contribution in [-0.2, 0) is 4.74 Å². The molecule has 1 aromatic rings. The molecule has 8 nitrogen and oxygen atoms in total. The maximum absolute atomic E-state index is 11.4. The Morgan fingerprint density at radius 3 is 2.06 bits per heavy atom. The standard InChI is InChI=1S/C9H7ClN2O6/c1-2-18-9(13)5-3-6(11(14)15)8(10)7(4-5)12(16)17/h3-4H,2H2,1H3. The second-order valence-corrected chi connectivity index (χ2v) is 3.44. The van der Waals surface area contributed by atoms with E-state index in [1.165, 1.54) is 6.92 Å². The zero-order valence-corrected chi connectivity index (χ0v) is 9.84. The van der Waals surface area contributed by atoms with Crippen LogP contribution in [0.5, 0.6) is 0 Å². The predicted octanol–water partition coefficient (Wildman–Crippen LogP) is 2.33. The normalized spacial score (nSPS) is 9.89. The van der Waals surface area contributed by atoms with E-state index >= 15 is 0 Å². The lowest BCUT2D eigenvalue weighted by atomic mass is 10.1. The molecule has 0 fully saturated rings. The summed E-state index contributed by atoms with van der Waals surface area (Å²) >= 11 is 5.52. The second kappa shape index (κ2) is 5.41. The summed E-state index contributed by atoms with van der Waals surface area (Å²) in [5, 5.41) is 20.7. The van der Waals surface area contributed by atoms with E-state index in [-0.39, 0.29) is 12.2 Å². The van der Waals surface area contributed by atoms with Gasteiger partial charge < -0.3 is 4.74 Å². The maximum atomic E-state index is 11.4. The first-order valence-corrected chi connectivity index (χ1v) is 5.05. The van der Waals surface area contributed by atoms with Crippen molar-refractivity contribution >= 4 is 28.9 Å². The molecule has 0 heterocycles. The number of carbonyl (C=O) groups is 1. The van der Waals surface area contributed by atoms with Crippen molar-refractivity contribution in [3.63, 3.8) is 0 Å². The van der Waals surface area contributed by atoms with Gasteiger partial charge >= 0.3 is 5.97 Å². The van der Waals surface area contributed by atoms with Gasteiger partial charge in [-0.1, -0.05) is 11.6 Å². The first-order chi connectivity index (χ1) is 8.38. The molecule has 0 spiro atoms. The molecule has 0 aliphatic carbocycles. The minimum Gasteiger partial charge on any atom is -0.462 e. The van der Waals surface area contributed by atoms with E-state index in [1.54, 1.807) is 0 Å². The third-order valence-corrected chi connectivity index (χ3v) is 2.33. The number of rotatable bonds is 4. The van der Waals surface area contributed by atoms with Gasteiger partial charge in [0.2, 0.25) is 0 Å². The Balaban J connectivity index is 3.43. The lowest BCUT2D eigenvalue weighted by Gasteiger charge is -2.03. The minimum absolute atomic E-state index is 0.0447. The molecule has 9 heteroatoms. The Hall–Kier alpha value is -2.22. The van der Waals surface area contributed by atoms with Crippen LogP contribution in [-0.4, -0.2) is 22.4 Å². The van der Waals surface area contributed by atoms with Crippen LogP contribution in [0.2, 0.25) is 5.02 Å². The quantitative estimate of drug-likeness (QED) is 0.473. The van der Waals surface area contributed by atoms with E-state index in [4.69, 9.17) is 11.6 Å². The molecule has 0 saturated carbocycles. The van der Waals surface area contributed by atoms with Crippen molar-refractivity contribution < 1.29 is 19.4 Å². The summed E-state index contributed by atoms with van der Waals surface area (Å²) in [6.07, 6.45) is 0. The molecule has 1 aromatic carbocycles. The van der Waals surface area contributed by atoms with Crippen LogP contribution in [0.3, 0.4) is 0 Å². The fraction of sp³-hybridized carbons (Fsp3) is 0.222. The van der Waals surface area contributed by atoms with E-state index in [9.17, 15) is 25.0 Å². The van der Waals surface area contributed by atoms with Crippen molar-refractivity contribution in [3.05, 3.63) is 42.9 Å². The smallest absolute Gasteiger partial charge is 0.338 e. The van der Waals surface area contributed by atoms with E-state index < -0.39 is 32.2 Å². The van der Waals surface area contributed by atoms with Gasteiger partial charge in [0.05, 0.1) is 22.0 Å². The molecule has 0 aromatic heterocycles. The van der Waals surface area contributed by atoms with Gasteiger partial charge in [0.1, 0.15) is 0 Å². The van der Waals surface area contributed by atoms with Gasteiger partial charge in [-0.05, 0) is 6.92 Å². The molecule has 0 bridgehead atoms. The molecule has 0 aliphatic heterocycles. The van der Waals surface area contributed by atoms with Crippen LogP contribution in [0.4, 0.5) is 11.4 Å². The lowest BCUT2D eigenvalue weighted by Crippen LogP contribution is -2.06. The molecule has 0 unspecified atom stereocenters. The van der Waals surface area contributed by atoms with E-state index in [1.807, 2.05) is 0 Å². The second-order valence-electron chi connectivity index (χ2n) is 3.06. The Morgan fingerprint density at radius 1 is 1.28 bits per heavy atom. The van der Waals surface area contributed by atoms with Crippen molar-refractivity contribution in [1.29, 1.82) is 0 Å². The largest absolute Gasteiger partial charge is 0.462 e. The monoisotopic (exact) mass is 274 g/mol. The van der Waals surface area contributed by atoms with Gasteiger partial charge in [0, 0.05) is 12.1 Å². The van der Waals surface area contributed by atoms with Crippen molar-refractivity contribution in [2.75, 3.05) is 6.61 Å². The fourth-order valence-corrected chi connectivity index (χ4v) is 1.44. The Morgan fingerprint density at radius 2 is 1.72 bits per heavy atom. The molecule has 96 valence electrons. The van der Waals surface area contributed by atoms with Crippen molar-refractivity contribution in [3.8, 4) is 0 Å². The topological polar surface area (TPSA) is 113 Å². The van der Waals surface area contributed by atoms with Crippen LogP contribution >= 0.6 is 11.6 Å². The van der Waals surface area contributed by atoms with Gasteiger partial charge in [-0.2, -0.15) is 0 Å². The van der Waals surface area contributed by atoms with Crippen LogP contribution < -0.4 is 0 Å². The van der Waals surface area contributed by atoms with Crippen LogP contribution in [0.1, 0.15) is 17.3 Å². The first kappa shape index (κ1) is 13.8. The van der Waals surface area contributed by atoms with Crippen molar-refractivity contribution in [1.82, 2.24) is 0 Å². The van der Waals surface area contributed by atoms with Gasteiger partial charge in [-0.15, -0.1) is 0 Å². The molecule has 18 heavy (non-hydrogen) atoms. The highest BCUT2D eigenvalue weighted by atomic mass is 35.5. The maximum Gasteiger partial charge on any atom is 0.338 e. The molecular weight excluding hydrogens is 268 g/mol. The summed E-state index contributed by atoms with van der Waals surface area (Å²) in [5.41, 5.74) is -1.72. The van der Waals surface area contributed by atoms with Crippen molar-refractivity contribution in [2.24, 2.45) is 0 Å². The summed E-state index contributed by atoms with van der Waals surface area (Å²) in [5.74, 6) is -0.889. The number of nitrogens with zero attached hydrogens (tertiary/aromatic N) is 2. The van der Waals surface area contributed by atoms with Gasteiger partial charge in [0.25, 0.3) is 11.4 Å². The predicted molar refractivity (Wildman–Crippen MR) is 60.7 cm³/mol. The molecule has 0 radical (unpaired) electrons. The molecule has 1 rings (SSSR count). The number of carbonyl (C=O) groups excluding carboxylic acids is 1. The zero-order valence-electron chi connectivity index (χ0n) is 9.08. The molecule has 0 atom stereocenters. The average Bonchev–Trinajstić information content (AvgIpc) is 2.28. The van der Waals surface area contributed by atoms with Gasteiger partial charge in [-0.25, -0.2) is 4.79 Å². The summed E-state index contributed by atoms with van der Waals surface area (Å²) in [6.45, 7) is 1.58. The Bertz CT molecular complexity index is 495. The number of nitro benzene ring substituents is 2. The van der Waals surface area contributed by atoms with Crippen LogP contribution in [0.25, 0.3) is 0 Å². The number of benzene rings is 1. The SMILES string of the molecule is CCOC(=O)c1cc([N+](=O)[O-])c(Cl)c([N+](=O)[O-])c1. The average molecular weight is 275 g/mol. The molecule has 0 amide bonds. The van der Waals surface area contributed by atoms with Gasteiger partial charge in [0.15, 0.2) is 5.02 Å². The number of halogens is 1. The van der Waals surface area contributed by atoms with E-state index in [0.29, 0.717) is 0 Å². The molecule has 0 N–H and O–H groups in total. The highest BCUT2D eigenvalue weighted by molar-refractivity contribution is 6.35. The number of nitro groups is 2. The Labute approximate surface area is 105 Å². The fourth-order valence-electron chi connectivity index (χ4n) is 1.19. The third-order valence-electron chi connectivity index (χ3n) is 1.94. The molecule has 0 aliphatic rings. The van der Waals surface area contributed by atoms with Crippen molar-refractivity contribution in [2.45, 2.75) is 6.92 Å².